The molecule has 0 aliphatic carbocycles. The van der Waals surface area contributed by atoms with Gasteiger partial charge in [0.25, 0.3) is 0 Å². The van der Waals surface area contributed by atoms with E-state index in [0.29, 0.717) is 16.5 Å². The highest BCUT2D eigenvalue weighted by Crippen LogP contribution is 2.32. The van der Waals surface area contributed by atoms with Gasteiger partial charge in [-0.2, -0.15) is 0 Å². The van der Waals surface area contributed by atoms with Gasteiger partial charge in [-0.05, 0) is 38.0 Å². The minimum absolute atomic E-state index is 0.0892. The van der Waals surface area contributed by atoms with Crippen molar-refractivity contribution in [3.8, 4) is 0 Å². The van der Waals surface area contributed by atoms with E-state index in [1.165, 1.54) is 11.8 Å². The number of halogens is 1. The zero-order valence-electron chi connectivity index (χ0n) is 15.7. The maximum atomic E-state index is 12.9. The molecular formula is C20H19ClN4O2S. The van der Waals surface area contributed by atoms with Gasteiger partial charge < -0.3 is 9.73 Å². The lowest BCUT2D eigenvalue weighted by molar-refractivity contribution is -0.115. The Hall–Kier alpha value is -2.51. The first-order valence-electron chi connectivity index (χ1n) is 8.93. The number of hydrogen-bond acceptors (Lipinski definition) is 5. The number of carbonyl (C=O) groups is 1. The minimum Gasteiger partial charge on any atom is -0.463 e. The molecule has 0 saturated heterocycles. The van der Waals surface area contributed by atoms with Gasteiger partial charge >= 0.3 is 0 Å². The summed E-state index contributed by atoms with van der Waals surface area (Å²) in [7, 11) is 0. The third-order valence-electron chi connectivity index (χ3n) is 4.63. The van der Waals surface area contributed by atoms with Gasteiger partial charge in [-0.1, -0.05) is 36.4 Å². The van der Waals surface area contributed by atoms with Gasteiger partial charge in [-0.3, -0.25) is 9.20 Å². The first-order valence-corrected chi connectivity index (χ1v) is 10.2. The molecular weight excluding hydrogens is 396 g/mol. The first kappa shape index (κ1) is 18.8. The molecule has 144 valence electrons. The van der Waals surface area contributed by atoms with Crippen molar-refractivity contribution in [2.24, 2.45) is 0 Å². The monoisotopic (exact) mass is 414 g/mol. The molecule has 28 heavy (non-hydrogen) atoms. The van der Waals surface area contributed by atoms with Crippen molar-refractivity contribution < 1.29 is 9.21 Å². The molecule has 1 N–H and O–H groups in total. The normalized spacial score (nSPS) is 12.6. The molecule has 0 aliphatic rings. The third-order valence-corrected chi connectivity index (χ3v) is 6.21. The van der Waals surface area contributed by atoms with Crippen LogP contribution in [0.25, 0.3) is 16.6 Å². The molecule has 4 rings (SSSR count). The number of aromatic nitrogens is 3. The zero-order valence-corrected chi connectivity index (χ0v) is 17.3. The number of furan rings is 1. The average molecular weight is 415 g/mol. The number of amides is 1. The molecule has 8 heteroatoms. The lowest BCUT2D eigenvalue weighted by atomic mass is 10.2. The highest BCUT2D eigenvalue weighted by Gasteiger charge is 2.22. The maximum absolute atomic E-state index is 12.9. The zero-order chi connectivity index (χ0) is 19.8. The van der Waals surface area contributed by atoms with Crippen molar-refractivity contribution in [2.45, 2.75) is 37.5 Å². The second kappa shape index (κ2) is 7.48. The van der Waals surface area contributed by atoms with Crippen LogP contribution >= 0.6 is 23.4 Å². The Bertz CT molecular complexity index is 1180. The van der Waals surface area contributed by atoms with Crippen LogP contribution < -0.4 is 5.32 Å². The van der Waals surface area contributed by atoms with Crippen molar-refractivity contribution >= 4 is 51.6 Å². The van der Waals surface area contributed by atoms with Crippen LogP contribution in [0.2, 0.25) is 5.02 Å². The number of anilines is 1. The quantitative estimate of drug-likeness (QED) is 0.451. The number of carbonyl (C=O) groups excluding carboxylic acids is 1. The number of benzene rings is 1. The predicted molar refractivity (Wildman–Crippen MR) is 112 cm³/mol. The summed E-state index contributed by atoms with van der Waals surface area (Å²) in [4.78, 5) is 12.9. The van der Waals surface area contributed by atoms with E-state index in [9.17, 15) is 4.79 Å². The first-order chi connectivity index (χ1) is 13.5. The van der Waals surface area contributed by atoms with E-state index in [0.717, 1.165) is 33.7 Å². The Labute approximate surface area is 171 Å². The fraction of sp³-hybridized carbons (Fsp3) is 0.250. The highest BCUT2D eigenvalue weighted by atomic mass is 35.5. The van der Waals surface area contributed by atoms with Gasteiger partial charge in [0.1, 0.15) is 10.9 Å². The molecule has 0 aliphatic heterocycles. The fourth-order valence-corrected chi connectivity index (χ4v) is 4.26. The van der Waals surface area contributed by atoms with E-state index in [4.69, 9.17) is 16.0 Å². The average Bonchev–Trinajstić information content (AvgIpc) is 3.25. The van der Waals surface area contributed by atoms with Crippen LogP contribution in [-0.2, 0) is 4.79 Å². The van der Waals surface area contributed by atoms with Crippen LogP contribution in [0.3, 0.4) is 0 Å². The largest absolute Gasteiger partial charge is 0.463 e. The van der Waals surface area contributed by atoms with E-state index >= 15 is 0 Å². The van der Waals surface area contributed by atoms with Crippen LogP contribution in [0.4, 0.5) is 5.69 Å². The molecule has 0 fully saturated rings. The standard InChI is InChI=1S/C20H19ClN4O2S/c1-4-18(19(26)22-14-9-13(21)6-5-11(14)2)28-20-16-10-17-15(7-8-27-17)25(16)12(3)23-24-20/h5-10,18H,4H2,1-3H3,(H,22,26). The summed E-state index contributed by atoms with van der Waals surface area (Å²) in [6.07, 6.45) is 2.30. The molecule has 1 aromatic carbocycles. The third kappa shape index (κ3) is 3.36. The summed E-state index contributed by atoms with van der Waals surface area (Å²) in [5.74, 6) is 0.677. The predicted octanol–water partition coefficient (Wildman–Crippen LogP) is 5.26. The molecule has 3 heterocycles. The van der Waals surface area contributed by atoms with Crippen LogP contribution in [-0.4, -0.2) is 25.8 Å². The number of aryl methyl sites for hydroxylation is 2. The van der Waals surface area contributed by atoms with Crippen molar-refractivity contribution in [2.75, 3.05) is 5.32 Å². The topological polar surface area (TPSA) is 72.4 Å². The van der Waals surface area contributed by atoms with Crippen LogP contribution in [0.1, 0.15) is 24.7 Å². The van der Waals surface area contributed by atoms with E-state index in [1.54, 1.807) is 18.4 Å². The van der Waals surface area contributed by atoms with Crippen molar-refractivity contribution in [3.63, 3.8) is 0 Å². The molecule has 1 atom stereocenters. The summed E-state index contributed by atoms with van der Waals surface area (Å²) < 4.78 is 7.52. The van der Waals surface area contributed by atoms with Gasteiger partial charge in [0.05, 0.1) is 22.5 Å². The van der Waals surface area contributed by atoms with Crippen molar-refractivity contribution in [1.82, 2.24) is 14.6 Å². The second-order valence-corrected chi connectivity index (χ2v) is 8.18. The van der Waals surface area contributed by atoms with Crippen LogP contribution in [0, 0.1) is 13.8 Å². The molecule has 6 nitrogen and oxygen atoms in total. The number of thioether (sulfide) groups is 1. The van der Waals surface area contributed by atoms with Gasteiger partial charge in [-0.25, -0.2) is 0 Å². The van der Waals surface area contributed by atoms with Gasteiger partial charge in [0, 0.05) is 22.8 Å². The van der Waals surface area contributed by atoms with Crippen molar-refractivity contribution in [1.29, 1.82) is 0 Å². The molecule has 1 amide bonds. The van der Waals surface area contributed by atoms with Gasteiger partial charge in [0.15, 0.2) is 5.58 Å². The second-order valence-electron chi connectivity index (χ2n) is 6.55. The lowest BCUT2D eigenvalue weighted by Crippen LogP contribution is -2.25. The van der Waals surface area contributed by atoms with Crippen LogP contribution in [0.5, 0.6) is 0 Å². The van der Waals surface area contributed by atoms with E-state index in [1.807, 2.05) is 43.4 Å². The number of hydrogen-bond donors (Lipinski definition) is 1. The number of nitrogens with one attached hydrogen (secondary N) is 1. The molecule has 0 saturated carbocycles. The smallest absolute Gasteiger partial charge is 0.237 e. The molecule has 3 aromatic heterocycles. The number of nitrogens with zero attached hydrogens (tertiary/aromatic N) is 3. The van der Waals surface area contributed by atoms with E-state index < -0.39 is 0 Å². The highest BCUT2D eigenvalue weighted by molar-refractivity contribution is 8.00. The fourth-order valence-electron chi connectivity index (χ4n) is 3.13. The Kier molecular flexibility index (Phi) is 5.03. The van der Waals surface area contributed by atoms with Crippen molar-refractivity contribution in [3.05, 3.63) is 53.0 Å². The number of fused-ring (bicyclic) bond motifs is 3. The summed E-state index contributed by atoms with van der Waals surface area (Å²) in [6, 6.07) is 9.29. The number of rotatable bonds is 5. The summed E-state index contributed by atoms with van der Waals surface area (Å²) in [6.45, 7) is 5.81. The molecule has 0 radical (unpaired) electrons. The summed E-state index contributed by atoms with van der Waals surface area (Å²) in [5, 5.41) is 12.6. The molecule has 0 bridgehead atoms. The maximum Gasteiger partial charge on any atom is 0.237 e. The Morgan fingerprint density at radius 3 is 2.86 bits per heavy atom. The Balaban J connectivity index is 1.64. The summed E-state index contributed by atoms with van der Waals surface area (Å²) >= 11 is 7.47. The van der Waals surface area contributed by atoms with Gasteiger partial charge in [0.2, 0.25) is 5.91 Å². The Morgan fingerprint density at radius 2 is 2.07 bits per heavy atom. The molecule has 1 unspecified atom stereocenters. The van der Waals surface area contributed by atoms with E-state index in [-0.39, 0.29) is 11.2 Å². The molecule has 4 aromatic rings. The summed E-state index contributed by atoms with van der Waals surface area (Å²) in [5.41, 5.74) is 4.28. The van der Waals surface area contributed by atoms with Gasteiger partial charge in [-0.15, -0.1) is 10.2 Å². The van der Waals surface area contributed by atoms with E-state index in [2.05, 4.69) is 15.5 Å². The Morgan fingerprint density at radius 1 is 1.25 bits per heavy atom. The lowest BCUT2D eigenvalue weighted by Gasteiger charge is -2.16. The SMILES string of the molecule is CCC(Sc1nnc(C)n2c1cc1occc12)C(=O)Nc1cc(Cl)ccc1C. The van der Waals surface area contributed by atoms with Crippen LogP contribution in [0.15, 0.2) is 46.0 Å². The minimum atomic E-state index is -0.319. The molecule has 0 spiro atoms.